The van der Waals surface area contributed by atoms with E-state index >= 15 is 0 Å². The van der Waals surface area contributed by atoms with Gasteiger partial charge in [-0.05, 0) is 73.9 Å². The summed E-state index contributed by atoms with van der Waals surface area (Å²) in [6, 6.07) is 21.4. The molecule has 1 aliphatic rings. The molecule has 0 radical (unpaired) electrons. The maximum absolute atomic E-state index is 12.7. The highest BCUT2D eigenvalue weighted by Crippen LogP contribution is 2.42. The van der Waals surface area contributed by atoms with E-state index in [9.17, 15) is 9.59 Å². The monoisotopic (exact) mass is 416 g/mol. The molecule has 1 aliphatic heterocycles. The molecule has 0 bridgehead atoms. The molecular formula is C25H24N2O2S. The Bertz CT molecular complexity index is 1090. The summed E-state index contributed by atoms with van der Waals surface area (Å²) in [7, 11) is 0. The first-order valence-corrected chi connectivity index (χ1v) is 11.0. The number of aryl methyl sites for hydroxylation is 3. The lowest BCUT2D eigenvalue weighted by Gasteiger charge is -2.25. The molecule has 30 heavy (non-hydrogen) atoms. The molecule has 1 unspecified atom stereocenters. The minimum atomic E-state index is -0.145. The fourth-order valence-electron chi connectivity index (χ4n) is 3.72. The van der Waals surface area contributed by atoms with Crippen LogP contribution in [0.4, 0.5) is 11.4 Å². The van der Waals surface area contributed by atoms with E-state index < -0.39 is 0 Å². The van der Waals surface area contributed by atoms with Crippen molar-refractivity contribution < 1.29 is 9.59 Å². The molecule has 4 nitrogen and oxygen atoms in total. The minimum Gasteiger partial charge on any atom is -0.322 e. The third-order valence-electron chi connectivity index (χ3n) is 5.10. The first kappa shape index (κ1) is 20.2. The summed E-state index contributed by atoms with van der Waals surface area (Å²) in [5.74, 6) is 0.398. The van der Waals surface area contributed by atoms with Crippen molar-refractivity contribution in [2.45, 2.75) is 26.1 Å². The van der Waals surface area contributed by atoms with Gasteiger partial charge >= 0.3 is 0 Å². The average molecular weight is 417 g/mol. The van der Waals surface area contributed by atoms with Crippen molar-refractivity contribution in [3.05, 3.63) is 94.5 Å². The van der Waals surface area contributed by atoms with E-state index in [4.69, 9.17) is 0 Å². The highest BCUT2D eigenvalue weighted by Gasteiger charge is 2.34. The molecule has 4 rings (SSSR count). The zero-order valence-corrected chi connectivity index (χ0v) is 18.1. The largest absolute Gasteiger partial charge is 0.322 e. The number of amides is 2. The van der Waals surface area contributed by atoms with Crippen LogP contribution in [0.25, 0.3) is 0 Å². The number of nitrogens with zero attached hydrogens (tertiary/aromatic N) is 1. The number of hydrogen-bond donors (Lipinski definition) is 1. The maximum atomic E-state index is 12.7. The van der Waals surface area contributed by atoms with Gasteiger partial charge in [-0.15, -0.1) is 11.8 Å². The first-order chi connectivity index (χ1) is 14.4. The fraction of sp³-hybridized carbons (Fsp3) is 0.200. The van der Waals surface area contributed by atoms with Crippen LogP contribution in [0, 0.1) is 20.8 Å². The molecule has 1 saturated heterocycles. The van der Waals surface area contributed by atoms with E-state index in [0.29, 0.717) is 11.3 Å². The van der Waals surface area contributed by atoms with Crippen LogP contribution in [-0.4, -0.2) is 17.6 Å². The van der Waals surface area contributed by atoms with Crippen LogP contribution in [-0.2, 0) is 4.79 Å². The van der Waals surface area contributed by atoms with Gasteiger partial charge in [0.15, 0.2) is 0 Å². The summed E-state index contributed by atoms with van der Waals surface area (Å²) in [6.45, 7) is 6.08. The smallest absolute Gasteiger partial charge is 0.255 e. The lowest BCUT2D eigenvalue weighted by atomic mass is 10.1. The van der Waals surface area contributed by atoms with E-state index in [1.165, 1.54) is 0 Å². The highest BCUT2D eigenvalue weighted by atomic mass is 32.2. The molecule has 152 valence electrons. The van der Waals surface area contributed by atoms with Crippen LogP contribution >= 0.6 is 11.8 Å². The van der Waals surface area contributed by atoms with Crippen molar-refractivity contribution in [3.63, 3.8) is 0 Å². The van der Waals surface area contributed by atoms with Crippen molar-refractivity contribution in [2.75, 3.05) is 16.0 Å². The lowest BCUT2D eigenvalue weighted by Crippen LogP contribution is -2.28. The van der Waals surface area contributed by atoms with Gasteiger partial charge in [-0.1, -0.05) is 35.9 Å². The fourth-order valence-corrected chi connectivity index (χ4v) is 4.88. The zero-order chi connectivity index (χ0) is 21.3. The van der Waals surface area contributed by atoms with Gasteiger partial charge in [-0.3, -0.25) is 14.5 Å². The summed E-state index contributed by atoms with van der Waals surface area (Å²) < 4.78 is 0. The Kier molecular flexibility index (Phi) is 5.64. The van der Waals surface area contributed by atoms with Gasteiger partial charge in [0.2, 0.25) is 5.91 Å². The van der Waals surface area contributed by atoms with Gasteiger partial charge in [-0.25, -0.2) is 0 Å². The molecule has 1 heterocycles. The minimum absolute atomic E-state index is 0.101. The molecule has 0 saturated carbocycles. The van der Waals surface area contributed by atoms with Gasteiger partial charge in [0.05, 0.1) is 5.75 Å². The Balaban J connectivity index is 1.60. The molecule has 1 atom stereocenters. The van der Waals surface area contributed by atoms with E-state index in [1.807, 2.05) is 86.3 Å². The zero-order valence-electron chi connectivity index (χ0n) is 17.3. The van der Waals surface area contributed by atoms with E-state index in [1.54, 1.807) is 11.8 Å². The van der Waals surface area contributed by atoms with Gasteiger partial charge < -0.3 is 5.32 Å². The summed E-state index contributed by atoms with van der Waals surface area (Å²) >= 11 is 1.61. The maximum Gasteiger partial charge on any atom is 0.255 e. The number of rotatable bonds is 4. The topological polar surface area (TPSA) is 49.4 Å². The number of anilines is 2. The number of carbonyl (C=O) groups is 2. The van der Waals surface area contributed by atoms with Gasteiger partial charge in [0.25, 0.3) is 5.91 Å². The van der Waals surface area contributed by atoms with Crippen LogP contribution in [0.2, 0.25) is 0 Å². The van der Waals surface area contributed by atoms with Gasteiger partial charge in [0.1, 0.15) is 5.37 Å². The number of benzene rings is 3. The Morgan fingerprint density at radius 3 is 2.33 bits per heavy atom. The summed E-state index contributed by atoms with van der Waals surface area (Å²) in [4.78, 5) is 27.1. The molecule has 1 fully saturated rings. The third-order valence-corrected chi connectivity index (χ3v) is 6.31. The molecule has 3 aromatic carbocycles. The molecule has 0 spiro atoms. The molecule has 0 aromatic heterocycles. The molecule has 5 heteroatoms. The quantitative estimate of drug-likeness (QED) is 0.598. The molecule has 0 aliphatic carbocycles. The summed E-state index contributed by atoms with van der Waals surface area (Å²) in [5, 5.41) is 2.86. The van der Waals surface area contributed by atoms with Crippen molar-refractivity contribution in [1.29, 1.82) is 0 Å². The van der Waals surface area contributed by atoms with Crippen LogP contribution in [0.1, 0.15) is 38.0 Å². The van der Waals surface area contributed by atoms with E-state index in [2.05, 4.69) is 11.4 Å². The van der Waals surface area contributed by atoms with E-state index in [-0.39, 0.29) is 17.2 Å². The first-order valence-electron chi connectivity index (χ1n) is 9.91. The molecule has 3 aromatic rings. The van der Waals surface area contributed by atoms with Gasteiger partial charge in [-0.2, -0.15) is 0 Å². The Labute approximate surface area is 181 Å². The second kappa shape index (κ2) is 8.36. The Hall–Kier alpha value is -3.05. The van der Waals surface area contributed by atoms with Crippen molar-refractivity contribution in [3.8, 4) is 0 Å². The number of carbonyl (C=O) groups excluding carboxylic acids is 2. The van der Waals surface area contributed by atoms with E-state index in [0.717, 1.165) is 33.6 Å². The lowest BCUT2D eigenvalue weighted by molar-refractivity contribution is -0.115. The number of nitrogens with one attached hydrogen (secondary N) is 1. The Morgan fingerprint density at radius 1 is 0.933 bits per heavy atom. The average Bonchev–Trinajstić information content (AvgIpc) is 3.09. The summed E-state index contributed by atoms with van der Waals surface area (Å²) in [5.41, 5.74) is 6.63. The van der Waals surface area contributed by atoms with Crippen molar-refractivity contribution in [1.82, 2.24) is 0 Å². The third kappa shape index (κ3) is 4.26. The number of thioether (sulfide) groups is 1. The van der Waals surface area contributed by atoms with Crippen LogP contribution in [0.15, 0.2) is 66.7 Å². The normalized spacial score (nSPS) is 16.0. The second-order valence-corrected chi connectivity index (χ2v) is 8.79. The Morgan fingerprint density at radius 2 is 1.63 bits per heavy atom. The molecule has 1 N–H and O–H groups in total. The molecular weight excluding hydrogens is 392 g/mol. The molecule has 2 amide bonds. The van der Waals surface area contributed by atoms with Crippen LogP contribution < -0.4 is 10.2 Å². The predicted octanol–water partition coefficient (Wildman–Crippen LogP) is 5.64. The summed E-state index contributed by atoms with van der Waals surface area (Å²) in [6.07, 6.45) is 0. The number of hydrogen-bond acceptors (Lipinski definition) is 3. The van der Waals surface area contributed by atoms with Crippen molar-refractivity contribution in [2.24, 2.45) is 0 Å². The SMILES string of the molecule is Cc1ccc(C(=O)Nc2cccc(C3SCC(=O)N3c3cc(C)cc(C)c3)c2)cc1. The van der Waals surface area contributed by atoms with Gasteiger partial charge in [0, 0.05) is 16.9 Å². The van der Waals surface area contributed by atoms with Crippen molar-refractivity contribution >= 4 is 35.0 Å². The standard InChI is InChI=1S/C25H24N2O2S/c1-16-7-9-19(10-8-16)24(29)26-21-6-4-5-20(14-21)25-27(23(28)15-30-25)22-12-17(2)11-18(3)13-22/h4-14,25H,15H2,1-3H3,(H,26,29). The van der Waals surface area contributed by atoms with Crippen LogP contribution in [0.5, 0.6) is 0 Å². The predicted molar refractivity (Wildman–Crippen MR) is 124 cm³/mol. The second-order valence-electron chi connectivity index (χ2n) is 7.72. The van der Waals surface area contributed by atoms with Crippen LogP contribution in [0.3, 0.4) is 0 Å². The highest BCUT2D eigenvalue weighted by molar-refractivity contribution is 8.00.